The number of para-hydroxylation sites is 1. The monoisotopic (exact) mass is 443 g/mol. The van der Waals surface area contributed by atoms with Crippen LogP contribution >= 0.6 is 0 Å². The molecule has 0 saturated carbocycles. The van der Waals surface area contributed by atoms with Gasteiger partial charge in [-0.05, 0) is 41.1 Å². The fourth-order valence-electron chi connectivity index (χ4n) is 3.53. The highest BCUT2D eigenvalue weighted by Crippen LogP contribution is 2.36. The number of carbonyl (C=O) groups is 1. The zero-order chi connectivity index (χ0) is 22.8. The quantitative estimate of drug-likeness (QED) is 0.279. The summed E-state index contributed by atoms with van der Waals surface area (Å²) in [6.45, 7) is 0.0509. The van der Waals surface area contributed by atoms with Gasteiger partial charge in [-0.15, -0.1) is 0 Å². The third-order valence-electron chi connectivity index (χ3n) is 5.12. The van der Waals surface area contributed by atoms with E-state index in [0.717, 1.165) is 10.8 Å². The molecule has 0 radical (unpaired) electrons. The van der Waals surface area contributed by atoms with Crippen LogP contribution in [0, 0.1) is 10.1 Å². The maximum atomic E-state index is 12.5. The highest BCUT2D eigenvalue weighted by atomic mass is 16.6. The first kappa shape index (κ1) is 20.3. The van der Waals surface area contributed by atoms with Crippen LogP contribution in [0.25, 0.3) is 22.1 Å². The minimum absolute atomic E-state index is 0.0509. The molecule has 33 heavy (non-hydrogen) atoms. The van der Waals surface area contributed by atoms with Gasteiger partial charge in [0.15, 0.2) is 11.5 Å². The summed E-state index contributed by atoms with van der Waals surface area (Å²) in [6, 6.07) is 21.0. The van der Waals surface area contributed by atoms with E-state index in [1.165, 1.54) is 12.3 Å². The molecule has 0 fully saturated rings. The molecule has 0 aliphatic carbocycles. The van der Waals surface area contributed by atoms with E-state index in [1.54, 1.807) is 30.3 Å². The number of fused-ring (bicyclic) bond motifs is 2. The molecule has 164 valence electrons. The molecule has 4 aromatic rings. The lowest BCUT2D eigenvalue weighted by atomic mass is 10.1. The van der Waals surface area contributed by atoms with Crippen molar-refractivity contribution < 1.29 is 23.6 Å². The highest BCUT2D eigenvalue weighted by Gasteiger charge is 2.27. The van der Waals surface area contributed by atoms with Crippen LogP contribution < -0.4 is 14.9 Å². The van der Waals surface area contributed by atoms with Crippen LogP contribution in [0.2, 0.25) is 0 Å². The Bertz CT molecular complexity index is 1390. The zero-order valence-electron chi connectivity index (χ0n) is 17.1. The molecule has 1 N–H and O–H groups in total. The van der Waals surface area contributed by atoms with E-state index in [4.69, 9.17) is 13.9 Å². The predicted octanol–water partition coefficient (Wildman–Crippen LogP) is 4.30. The van der Waals surface area contributed by atoms with Gasteiger partial charge in [-0.2, -0.15) is 5.10 Å². The SMILES string of the molecule is O=C(N/N=C/c1ccc(-c2ccccc2[N+](=O)[O-])o1)[C@@H]1COc2cc3ccccc3cc2O1. The van der Waals surface area contributed by atoms with Crippen molar-refractivity contribution in [3.05, 3.63) is 88.7 Å². The smallest absolute Gasteiger partial charge is 0.284 e. The van der Waals surface area contributed by atoms with Gasteiger partial charge in [0.05, 0.1) is 16.7 Å². The Morgan fingerprint density at radius 1 is 1.03 bits per heavy atom. The maximum absolute atomic E-state index is 12.5. The minimum atomic E-state index is -0.866. The van der Waals surface area contributed by atoms with Gasteiger partial charge >= 0.3 is 0 Å². The number of nitro benzene ring substituents is 1. The van der Waals surface area contributed by atoms with E-state index in [0.29, 0.717) is 28.6 Å². The molecule has 5 rings (SSSR count). The van der Waals surface area contributed by atoms with Crippen molar-refractivity contribution >= 4 is 28.6 Å². The number of amides is 1. The Labute approximate surface area is 187 Å². The lowest BCUT2D eigenvalue weighted by molar-refractivity contribution is -0.384. The number of nitrogens with one attached hydrogen (secondary N) is 1. The van der Waals surface area contributed by atoms with Crippen molar-refractivity contribution in [2.45, 2.75) is 6.10 Å². The van der Waals surface area contributed by atoms with Crippen LogP contribution in [-0.2, 0) is 4.79 Å². The third-order valence-corrected chi connectivity index (χ3v) is 5.12. The van der Waals surface area contributed by atoms with Crippen molar-refractivity contribution in [2.24, 2.45) is 5.10 Å². The van der Waals surface area contributed by atoms with Crippen LogP contribution in [0.1, 0.15) is 5.76 Å². The summed E-state index contributed by atoms with van der Waals surface area (Å²) < 4.78 is 17.1. The molecule has 9 heteroatoms. The summed E-state index contributed by atoms with van der Waals surface area (Å²) in [4.78, 5) is 23.2. The number of nitro groups is 1. The van der Waals surface area contributed by atoms with E-state index in [9.17, 15) is 14.9 Å². The number of carbonyl (C=O) groups excluding carboxylic acids is 1. The lowest BCUT2D eigenvalue weighted by Crippen LogP contribution is -2.42. The lowest BCUT2D eigenvalue weighted by Gasteiger charge is -2.25. The van der Waals surface area contributed by atoms with Gasteiger partial charge in [-0.3, -0.25) is 14.9 Å². The van der Waals surface area contributed by atoms with Gasteiger partial charge in [-0.25, -0.2) is 5.43 Å². The second-order valence-corrected chi connectivity index (χ2v) is 7.27. The number of nitrogens with zero attached hydrogens (tertiary/aromatic N) is 2. The Balaban J connectivity index is 1.24. The van der Waals surface area contributed by atoms with Crippen molar-refractivity contribution in [1.29, 1.82) is 0 Å². The predicted molar refractivity (Wildman–Crippen MR) is 120 cm³/mol. The molecule has 0 saturated heterocycles. The highest BCUT2D eigenvalue weighted by molar-refractivity contribution is 5.88. The number of furan rings is 1. The molecule has 2 heterocycles. The molecule has 1 aliphatic rings. The standard InChI is InChI=1S/C24H17N3O6/c28-24(23-14-31-21-11-15-5-1-2-6-16(15)12-22(21)33-23)26-25-13-17-9-10-20(32-17)18-7-3-4-8-19(18)27(29)30/h1-13,23H,14H2,(H,26,28)/b25-13+/t23-/m0/s1. The number of rotatable bonds is 5. The summed E-state index contributed by atoms with van der Waals surface area (Å²) in [6.07, 6.45) is 0.441. The van der Waals surface area contributed by atoms with Crippen molar-refractivity contribution in [3.8, 4) is 22.8 Å². The fourth-order valence-corrected chi connectivity index (χ4v) is 3.53. The Kier molecular flexibility index (Phi) is 5.19. The topological polar surface area (TPSA) is 116 Å². The van der Waals surface area contributed by atoms with Gasteiger partial charge in [0.1, 0.15) is 18.1 Å². The van der Waals surface area contributed by atoms with Crippen LogP contribution in [0.15, 0.2) is 82.3 Å². The second-order valence-electron chi connectivity index (χ2n) is 7.27. The molecule has 1 aliphatic heterocycles. The van der Waals surface area contributed by atoms with Gasteiger partial charge in [0, 0.05) is 6.07 Å². The number of benzene rings is 3. The van der Waals surface area contributed by atoms with E-state index < -0.39 is 16.9 Å². The van der Waals surface area contributed by atoms with Crippen molar-refractivity contribution in [2.75, 3.05) is 6.61 Å². The molecule has 3 aromatic carbocycles. The van der Waals surface area contributed by atoms with Crippen molar-refractivity contribution in [3.63, 3.8) is 0 Å². The third kappa shape index (κ3) is 4.11. The molecular formula is C24H17N3O6. The molecule has 0 bridgehead atoms. The summed E-state index contributed by atoms with van der Waals surface area (Å²) in [5, 5.41) is 17.1. The first-order valence-electron chi connectivity index (χ1n) is 10.1. The second kappa shape index (κ2) is 8.46. The molecule has 1 atom stereocenters. The van der Waals surface area contributed by atoms with Gasteiger partial charge in [0.25, 0.3) is 11.6 Å². The molecule has 1 amide bonds. The van der Waals surface area contributed by atoms with Crippen LogP contribution in [-0.4, -0.2) is 29.8 Å². The number of hydrogen-bond acceptors (Lipinski definition) is 7. The fraction of sp³-hybridized carbons (Fsp3) is 0.0833. The first-order chi connectivity index (χ1) is 16.1. The van der Waals surface area contributed by atoms with Crippen LogP contribution in [0.5, 0.6) is 11.5 Å². The van der Waals surface area contributed by atoms with Gasteiger partial charge in [-0.1, -0.05) is 36.4 Å². The molecule has 0 spiro atoms. The first-order valence-corrected chi connectivity index (χ1v) is 10.1. The van der Waals surface area contributed by atoms with Gasteiger partial charge in [0.2, 0.25) is 6.10 Å². The largest absolute Gasteiger partial charge is 0.485 e. The maximum Gasteiger partial charge on any atom is 0.284 e. The summed E-state index contributed by atoms with van der Waals surface area (Å²) in [7, 11) is 0. The zero-order valence-corrected chi connectivity index (χ0v) is 17.1. The van der Waals surface area contributed by atoms with Crippen molar-refractivity contribution in [1.82, 2.24) is 5.43 Å². The summed E-state index contributed by atoms with van der Waals surface area (Å²) >= 11 is 0. The Morgan fingerprint density at radius 3 is 2.55 bits per heavy atom. The van der Waals surface area contributed by atoms with Gasteiger partial charge < -0.3 is 13.9 Å². The van der Waals surface area contributed by atoms with E-state index in [1.807, 2.05) is 36.4 Å². The van der Waals surface area contributed by atoms with E-state index in [2.05, 4.69) is 10.5 Å². The average Bonchev–Trinajstić information content (AvgIpc) is 3.31. The van der Waals surface area contributed by atoms with E-state index >= 15 is 0 Å². The molecule has 1 aromatic heterocycles. The van der Waals surface area contributed by atoms with Crippen LogP contribution in [0.3, 0.4) is 0 Å². The molecule has 9 nitrogen and oxygen atoms in total. The molecular weight excluding hydrogens is 426 g/mol. The normalized spacial score (nSPS) is 15.0. The van der Waals surface area contributed by atoms with Crippen LogP contribution in [0.4, 0.5) is 5.69 Å². The molecule has 0 unspecified atom stereocenters. The number of hydrazone groups is 1. The summed E-state index contributed by atoms with van der Waals surface area (Å²) in [5.74, 6) is 1.24. The Morgan fingerprint density at radius 2 is 1.76 bits per heavy atom. The summed E-state index contributed by atoms with van der Waals surface area (Å²) in [5.41, 5.74) is 2.69. The number of ether oxygens (including phenoxy) is 2. The number of hydrogen-bond donors (Lipinski definition) is 1. The van der Waals surface area contributed by atoms with E-state index in [-0.39, 0.29) is 12.3 Å². The minimum Gasteiger partial charge on any atom is -0.485 e. The average molecular weight is 443 g/mol. The Hall–Kier alpha value is -4.66.